The summed E-state index contributed by atoms with van der Waals surface area (Å²) in [6.07, 6.45) is 4.40. The molecule has 3 rings (SSSR count). The van der Waals surface area contributed by atoms with E-state index in [1.54, 1.807) is 11.2 Å². The van der Waals surface area contributed by atoms with Crippen LogP contribution in [0.5, 0.6) is 0 Å². The first-order chi connectivity index (χ1) is 11.9. The van der Waals surface area contributed by atoms with Gasteiger partial charge in [-0.2, -0.15) is 0 Å². The number of aryl methyl sites for hydroxylation is 1. The van der Waals surface area contributed by atoms with Crippen molar-refractivity contribution in [2.45, 2.75) is 58.4 Å². The zero-order valence-electron chi connectivity index (χ0n) is 15.2. The molecule has 1 unspecified atom stereocenters. The predicted molar refractivity (Wildman–Crippen MR) is 97.3 cm³/mol. The number of carbonyl (C=O) groups excluding carboxylic acids is 2. The zero-order valence-corrected chi connectivity index (χ0v) is 15.2. The van der Waals surface area contributed by atoms with Gasteiger partial charge in [-0.15, -0.1) is 0 Å². The van der Waals surface area contributed by atoms with E-state index < -0.39 is 11.9 Å². The highest BCUT2D eigenvalue weighted by atomic mass is 16.3. The molecule has 1 aromatic heterocycles. The maximum Gasteiger partial charge on any atom is 0.240 e. The van der Waals surface area contributed by atoms with E-state index in [-0.39, 0.29) is 12.3 Å². The third-order valence-corrected chi connectivity index (χ3v) is 5.16. The molecule has 25 heavy (non-hydrogen) atoms. The summed E-state index contributed by atoms with van der Waals surface area (Å²) >= 11 is 0. The Morgan fingerprint density at radius 3 is 2.76 bits per heavy atom. The summed E-state index contributed by atoms with van der Waals surface area (Å²) in [6, 6.07) is 3.68. The van der Waals surface area contributed by atoms with Crippen molar-refractivity contribution < 1.29 is 14.0 Å². The number of piperidine rings is 1. The van der Waals surface area contributed by atoms with Crippen LogP contribution in [0.2, 0.25) is 0 Å². The fraction of sp³-hybridized carbons (Fsp3) is 0.500. The minimum Gasteiger partial charge on any atom is -0.464 e. The second-order valence-corrected chi connectivity index (χ2v) is 7.30. The Bertz CT molecular complexity index is 807. The van der Waals surface area contributed by atoms with Crippen LogP contribution in [0.1, 0.15) is 55.7 Å². The summed E-state index contributed by atoms with van der Waals surface area (Å²) in [5, 5.41) is 0.982. The number of hydrogen-bond donors (Lipinski definition) is 1. The third kappa shape index (κ3) is 3.41. The topological polar surface area (TPSA) is 76.5 Å². The van der Waals surface area contributed by atoms with Crippen molar-refractivity contribution in [1.82, 2.24) is 4.90 Å². The van der Waals surface area contributed by atoms with Gasteiger partial charge in [0.2, 0.25) is 11.8 Å². The molecule has 2 amide bonds. The Kier molecular flexibility index (Phi) is 4.84. The van der Waals surface area contributed by atoms with Gasteiger partial charge in [0, 0.05) is 17.5 Å². The SMILES string of the molecule is Cc1cc2occ(CC(=O)N3CCCCC3C(N)=O)c2cc1C(C)C. The molecule has 0 aliphatic carbocycles. The van der Waals surface area contributed by atoms with Crippen LogP contribution in [0.15, 0.2) is 22.8 Å². The largest absolute Gasteiger partial charge is 0.464 e. The molecule has 134 valence electrons. The summed E-state index contributed by atoms with van der Waals surface area (Å²) in [5.41, 5.74) is 9.60. The van der Waals surface area contributed by atoms with Gasteiger partial charge in [-0.1, -0.05) is 13.8 Å². The van der Waals surface area contributed by atoms with Gasteiger partial charge in [0.1, 0.15) is 11.6 Å². The summed E-state index contributed by atoms with van der Waals surface area (Å²) < 4.78 is 5.66. The Balaban J connectivity index is 1.88. The Hall–Kier alpha value is -2.30. The number of nitrogens with two attached hydrogens (primary N) is 1. The van der Waals surface area contributed by atoms with Gasteiger partial charge in [-0.3, -0.25) is 9.59 Å². The molecule has 5 heteroatoms. The first-order valence-electron chi connectivity index (χ1n) is 8.98. The highest BCUT2D eigenvalue weighted by molar-refractivity contribution is 5.91. The summed E-state index contributed by atoms with van der Waals surface area (Å²) in [6.45, 7) is 6.99. The van der Waals surface area contributed by atoms with Crippen LogP contribution in [-0.4, -0.2) is 29.3 Å². The fourth-order valence-corrected chi connectivity index (χ4v) is 3.79. The number of primary amides is 1. The van der Waals surface area contributed by atoms with Crippen molar-refractivity contribution in [3.8, 4) is 0 Å². The normalized spacial score (nSPS) is 18.1. The van der Waals surface area contributed by atoms with E-state index in [1.165, 1.54) is 11.1 Å². The number of fused-ring (bicyclic) bond motifs is 1. The number of hydrogen-bond acceptors (Lipinski definition) is 3. The molecule has 0 radical (unpaired) electrons. The molecule has 5 nitrogen and oxygen atoms in total. The van der Waals surface area contributed by atoms with E-state index in [2.05, 4.69) is 26.8 Å². The highest BCUT2D eigenvalue weighted by Crippen LogP contribution is 2.29. The van der Waals surface area contributed by atoms with Gasteiger partial charge in [0.15, 0.2) is 0 Å². The molecule has 1 aliphatic heterocycles. The Labute approximate surface area is 148 Å². The van der Waals surface area contributed by atoms with Crippen molar-refractivity contribution >= 4 is 22.8 Å². The maximum atomic E-state index is 12.8. The monoisotopic (exact) mass is 342 g/mol. The molecule has 1 fully saturated rings. The average molecular weight is 342 g/mol. The molecular formula is C20H26N2O3. The van der Waals surface area contributed by atoms with E-state index in [0.29, 0.717) is 18.9 Å². The van der Waals surface area contributed by atoms with E-state index >= 15 is 0 Å². The van der Waals surface area contributed by atoms with Gasteiger partial charge in [-0.05, 0) is 55.4 Å². The van der Waals surface area contributed by atoms with Crippen molar-refractivity contribution in [3.63, 3.8) is 0 Å². The number of nitrogens with zero attached hydrogens (tertiary/aromatic N) is 1. The second-order valence-electron chi connectivity index (χ2n) is 7.30. The standard InChI is InChI=1S/C20H26N2O3/c1-12(2)15-10-16-14(11-25-18(16)8-13(15)3)9-19(23)22-7-5-4-6-17(22)20(21)24/h8,10-12,17H,4-7,9H2,1-3H3,(H2,21,24). The summed E-state index contributed by atoms with van der Waals surface area (Å²) in [4.78, 5) is 26.1. The molecular weight excluding hydrogens is 316 g/mol. The van der Waals surface area contributed by atoms with E-state index in [9.17, 15) is 9.59 Å². The molecule has 0 bridgehead atoms. The third-order valence-electron chi connectivity index (χ3n) is 5.16. The predicted octanol–water partition coefficient (Wildman–Crippen LogP) is 3.27. The Morgan fingerprint density at radius 1 is 1.32 bits per heavy atom. The van der Waals surface area contributed by atoms with Crippen molar-refractivity contribution in [2.75, 3.05) is 6.54 Å². The lowest BCUT2D eigenvalue weighted by atomic mass is 9.95. The van der Waals surface area contributed by atoms with Gasteiger partial charge < -0.3 is 15.1 Å². The average Bonchev–Trinajstić information content (AvgIpc) is 2.95. The first-order valence-corrected chi connectivity index (χ1v) is 8.98. The summed E-state index contributed by atoms with van der Waals surface area (Å²) in [7, 11) is 0. The van der Waals surface area contributed by atoms with Gasteiger partial charge >= 0.3 is 0 Å². The van der Waals surface area contributed by atoms with Crippen molar-refractivity contribution in [2.24, 2.45) is 5.73 Å². The van der Waals surface area contributed by atoms with Gasteiger partial charge in [0.05, 0.1) is 12.7 Å². The lowest BCUT2D eigenvalue weighted by Gasteiger charge is -2.33. The van der Waals surface area contributed by atoms with Crippen LogP contribution < -0.4 is 5.73 Å². The molecule has 2 N–H and O–H groups in total. The first kappa shape index (κ1) is 17.5. The summed E-state index contributed by atoms with van der Waals surface area (Å²) in [5.74, 6) is -0.0649. The minimum atomic E-state index is -0.479. The van der Waals surface area contributed by atoms with Crippen molar-refractivity contribution in [3.05, 3.63) is 35.1 Å². The smallest absolute Gasteiger partial charge is 0.240 e. The highest BCUT2D eigenvalue weighted by Gasteiger charge is 2.30. The number of amides is 2. The number of carbonyl (C=O) groups is 2. The number of benzene rings is 1. The molecule has 1 saturated heterocycles. The molecule has 1 aromatic carbocycles. The lowest BCUT2D eigenvalue weighted by Crippen LogP contribution is -2.50. The second kappa shape index (κ2) is 6.90. The molecule has 0 saturated carbocycles. The number of furan rings is 1. The molecule has 0 spiro atoms. The maximum absolute atomic E-state index is 12.8. The van der Waals surface area contributed by atoms with Crippen LogP contribution >= 0.6 is 0 Å². The van der Waals surface area contributed by atoms with E-state index in [0.717, 1.165) is 29.4 Å². The van der Waals surface area contributed by atoms with Gasteiger partial charge in [-0.25, -0.2) is 0 Å². The zero-order chi connectivity index (χ0) is 18.1. The molecule has 1 atom stereocenters. The van der Waals surface area contributed by atoms with Gasteiger partial charge in [0.25, 0.3) is 0 Å². The van der Waals surface area contributed by atoms with Crippen LogP contribution in [-0.2, 0) is 16.0 Å². The fourth-order valence-electron chi connectivity index (χ4n) is 3.79. The van der Waals surface area contributed by atoms with Crippen LogP contribution in [0.25, 0.3) is 11.0 Å². The molecule has 2 heterocycles. The number of rotatable bonds is 4. The van der Waals surface area contributed by atoms with Crippen LogP contribution in [0.4, 0.5) is 0 Å². The molecule has 1 aliphatic rings. The van der Waals surface area contributed by atoms with Crippen LogP contribution in [0.3, 0.4) is 0 Å². The number of likely N-dealkylation sites (tertiary alicyclic amines) is 1. The van der Waals surface area contributed by atoms with Crippen LogP contribution in [0, 0.1) is 6.92 Å². The Morgan fingerprint density at radius 2 is 2.08 bits per heavy atom. The van der Waals surface area contributed by atoms with Crippen molar-refractivity contribution in [1.29, 1.82) is 0 Å². The molecule has 2 aromatic rings. The minimum absolute atomic E-state index is 0.0575. The quantitative estimate of drug-likeness (QED) is 0.926. The van der Waals surface area contributed by atoms with E-state index in [4.69, 9.17) is 10.2 Å². The van der Waals surface area contributed by atoms with E-state index in [1.807, 2.05) is 6.07 Å². The lowest BCUT2D eigenvalue weighted by molar-refractivity contribution is -0.140.